The van der Waals surface area contributed by atoms with Gasteiger partial charge in [-0.2, -0.15) is 13.2 Å². The van der Waals surface area contributed by atoms with Crippen molar-refractivity contribution < 1.29 is 22.8 Å². The first-order chi connectivity index (χ1) is 15.5. The van der Waals surface area contributed by atoms with Crippen LogP contribution in [0.2, 0.25) is 0 Å². The van der Waals surface area contributed by atoms with E-state index in [0.29, 0.717) is 5.69 Å². The number of carbonyl (C=O) groups is 2. The molecule has 170 valence electrons. The third-order valence-corrected chi connectivity index (χ3v) is 5.76. The Kier molecular flexibility index (Phi) is 5.69. The van der Waals surface area contributed by atoms with E-state index in [4.69, 9.17) is 0 Å². The first-order valence-corrected chi connectivity index (χ1v) is 10.4. The van der Waals surface area contributed by atoms with E-state index < -0.39 is 17.6 Å². The zero-order valence-electron chi connectivity index (χ0n) is 18.4. The van der Waals surface area contributed by atoms with Gasteiger partial charge in [-0.3, -0.25) is 14.6 Å². The summed E-state index contributed by atoms with van der Waals surface area (Å²) in [7, 11) is 0. The predicted octanol–water partition coefficient (Wildman–Crippen LogP) is 5.22. The van der Waals surface area contributed by atoms with Gasteiger partial charge in [0.05, 0.1) is 17.7 Å². The number of hydrogen-bond acceptors (Lipinski definition) is 3. The van der Waals surface area contributed by atoms with Crippen LogP contribution in [-0.4, -0.2) is 23.3 Å². The molecule has 0 radical (unpaired) electrons. The van der Waals surface area contributed by atoms with Gasteiger partial charge >= 0.3 is 6.18 Å². The molecule has 2 amide bonds. The number of nitrogens with zero attached hydrogens (tertiary/aromatic N) is 2. The molecule has 0 spiro atoms. The third kappa shape index (κ3) is 4.60. The van der Waals surface area contributed by atoms with Gasteiger partial charge in [0.2, 0.25) is 11.8 Å². The first kappa shape index (κ1) is 22.5. The van der Waals surface area contributed by atoms with Crippen molar-refractivity contribution in [3.05, 3.63) is 76.6 Å². The molecule has 0 saturated heterocycles. The molecule has 0 saturated carbocycles. The Morgan fingerprint density at radius 1 is 1.03 bits per heavy atom. The predicted molar refractivity (Wildman–Crippen MR) is 120 cm³/mol. The Morgan fingerprint density at radius 3 is 2.36 bits per heavy atom. The van der Waals surface area contributed by atoms with Crippen LogP contribution in [0.5, 0.6) is 0 Å². The molecule has 3 aromatic rings. The summed E-state index contributed by atoms with van der Waals surface area (Å²) in [4.78, 5) is 31.8. The van der Waals surface area contributed by atoms with Crippen LogP contribution in [0, 0.1) is 20.8 Å². The number of carbonyl (C=O) groups excluding carboxylic acids is 2. The highest BCUT2D eigenvalue weighted by molar-refractivity contribution is 6.07. The fourth-order valence-electron chi connectivity index (χ4n) is 3.90. The summed E-state index contributed by atoms with van der Waals surface area (Å²) in [5.74, 6) is -0.751. The lowest BCUT2D eigenvalue weighted by molar-refractivity contribution is -0.137. The first-order valence-electron chi connectivity index (χ1n) is 10.4. The van der Waals surface area contributed by atoms with Gasteiger partial charge in [0.15, 0.2) is 0 Å². The van der Waals surface area contributed by atoms with E-state index in [2.05, 4.69) is 10.3 Å². The average molecular weight is 453 g/mol. The number of amides is 2. The molecule has 0 fully saturated rings. The smallest absolute Gasteiger partial charge is 0.325 e. The number of hydrogen-bond donors (Lipinski definition) is 1. The van der Waals surface area contributed by atoms with Gasteiger partial charge in [-0.15, -0.1) is 0 Å². The molecule has 0 unspecified atom stereocenters. The van der Waals surface area contributed by atoms with Gasteiger partial charge in [-0.1, -0.05) is 0 Å². The molecule has 1 aliphatic heterocycles. The minimum absolute atomic E-state index is 0.110. The Labute approximate surface area is 189 Å². The lowest BCUT2D eigenvalue weighted by Crippen LogP contribution is -2.38. The van der Waals surface area contributed by atoms with Gasteiger partial charge in [-0.05, 0) is 79.9 Å². The number of rotatable bonds is 3. The number of halogens is 3. The van der Waals surface area contributed by atoms with Crippen molar-refractivity contribution in [1.29, 1.82) is 0 Å². The topological polar surface area (TPSA) is 62.3 Å². The summed E-state index contributed by atoms with van der Waals surface area (Å²) in [6.45, 7) is 5.49. The Bertz CT molecular complexity index is 1250. The van der Waals surface area contributed by atoms with Crippen molar-refractivity contribution in [2.24, 2.45) is 0 Å². The van der Waals surface area contributed by atoms with E-state index in [1.807, 2.05) is 39.0 Å². The summed E-state index contributed by atoms with van der Waals surface area (Å²) >= 11 is 0. The normalized spacial score (nSPS) is 13.3. The number of alkyl halides is 3. The van der Waals surface area contributed by atoms with Crippen LogP contribution in [0.15, 0.2) is 48.7 Å². The lowest BCUT2D eigenvalue weighted by Gasteiger charge is -2.24. The standard InChI is InChI=1S/C25H22F3N3O2/c1-14-8-20-21-12-29-16(3)10-17(21)11-24(33)31(22(20)9-15(14)2)13-23(32)30-19-6-4-18(5-7-19)25(26,27)28/h4-10,12H,11,13H2,1-3H3,(H,30,32). The van der Waals surface area contributed by atoms with Gasteiger partial charge in [0.25, 0.3) is 0 Å². The maximum atomic E-state index is 13.2. The maximum absolute atomic E-state index is 13.2. The zero-order chi connectivity index (χ0) is 23.9. The van der Waals surface area contributed by atoms with Crippen molar-refractivity contribution in [3.8, 4) is 11.1 Å². The molecule has 4 rings (SSSR count). The van der Waals surface area contributed by atoms with Crippen LogP contribution < -0.4 is 10.2 Å². The summed E-state index contributed by atoms with van der Waals surface area (Å²) in [6, 6.07) is 9.93. The van der Waals surface area contributed by atoms with Crippen molar-refractivity contribution in [1.82, 2.24) is 4.98 Å². The van der Waals surface area contributed by atoms with Crippen molar-refractivity contribution >= 4 is 23.2 Å². The SMILES string of the molecule is Cc1cc2c(cn1)-c1cc(C)c(C)cc1N(CC(=O)Nc1ccc(C(F)(F)F)cc1)C(=O)C2. The number of fused-ring (bicyclic) bond motifs is 3. The van der Waals surface area contributed by atoms with E-state index in [9.17, 15) is 22.8 Å². The van der Waals surface area contributed by atoms with E-state index >= 15 is 0 Å². The van der Waals surface area contributed by atoms with E-state index in [0.717, 1.165) is 45.6 Å². The van der Waals surface area contributed by atoms with Gasteiger partial charge in [0.1, 0.15) is 6.54 Å². The second kappa shape index (κ2) is 8.35. The molecule has 2 aromatic carbocycles. The number of benzene rings is 2. The van der Waals surface area contributed by atoms with Crippen LogP contribution in [0.1, 0.15) is 27.9 Å². The van der Waals surface area contributed by atoms with Gasteiger partial charge < -0.3 is 10.2 Å². The number of pyridine rings is 1. The third-order valence-electron chi connectivity index (χ3n) is 5.76. The average Bonchev–Trinajstić information content (AvgIpc) is 2.83. The zero-order valence-corrected chi connectivity index (χ0v) is 18.4. The number of aryl methyl sites for hydroxylation is 3. The van der Waals surface area contributed by atoms with Crippen LogP contribution in [0.3, 0.4) is 0 Å². The largest absolute Gasteiger partial charge is 0.416 e. The molecule has 1 aliphatic rings. The lowest BCUT2D eigenvalue weighted by atomic mass is 9.96. The minimum Gasteiger partial charge on any atom is -0.325 e. The van der Waals surface area contributed by atoms with Crippen LogP contribution >= 0.6 is 0 Å². The summed E-state index contributed by atoms with van der Waals surface area (Å²) in [5.41, 5.74) is 5.33. The van der Waals surface area contributed by atoms with Crippen LogP contribution in [0.4, 0.5) is 24.5 Å². The summed E-state index contributed by atoms with van der Waals surface area (Å²) in [5, 5.41) is 2.58. The van der Waals surface area contributed by atoms with Gasteiger partial charge in [-0.25, -0.2) is 0 Å². The molecule has 2 heterocycles. The highest BCUT2D eigenvalue weighted by Crippen LogP contribution is 2.38. The molecular weight excluding hydrogens is 431 g/mol. The highest BCUT2D eigenvalue weighted by atomic mass is 19.4. The number of aromatic nitrogens is 1. The Balaban J connectivity index is 1.65. The van der Waals surface area contributed by atoms with E-state index in [-0.39, 0.29) is 24.6 Å². The molecule has 33 heavy (non-hydrogen) atoms. The fourth-order valence-corrected chi connectivity index (χ4v) is 3.90. The van der Waals surface area contributed by atoms with Crippen LogP contribution in [-0.2, 0) is 22.2 Å². The van der Waals surface area contributed by atoms with Gasteiger partial charge in [0, 0.05) is 28.7 Å². The quantitative estimate of drug-likeness (QED) is 0.592. The summed E-state index contributed by atoms with van der Waals surface area (Å²) < 4.78 is 38.3. The second-order valence-corrected chi connectivity index (χ2v) is 8.22. The maximum Gasteiger partial charge on any atom is 0.416 e. The Morgan fingerprint density at radius 2 is 1.70 bits per heavy atom. The van der Waals surface area contributed by atoms with Crippen molar-refractivity contribution in [3.63, 3.8) is 0 Å². The summed E-state index contributed by atoms with van der Waals surface area (Å²) in [6.07, 6.45) is -2.60. The molecular formula is C25H22F3N3O2. The second-order valence-electron chi connectivity index (χ2n) is 8.22. The molecule has 0 bridgehead atoms. The minimum atomic E-state index is -4.46. The molecule has 1 aromatic heterocycles. The number of nitrogens with one attached hydrogen (secondary N) is 1. The highest BCUT2D eigenvalue weighted by Gasteiger charge is 2.31. The van der Waals surface area contributed by atoms with E-state index in [1.165, 1.54) is 17.0 Å². The van der Waals surface area contributed by atoms with Crippen molar-refractivity contribution in [2.45, 2.75) is 33.4 Å². The number of anilines is 2. The monoisotopic (exact) mass is 453 g/mol. The van der Waals surface area contributed by atoms with E-state index in [1.54, 1.807) is 6.20 Å². The molecule has 0 aliphatic carbocycles. The molecule has 0 atom stereocenters. The van der Waals surface area contributed by atoms with Crippen molar-refractivity contribution in [2.75, 3.05) is 16.8 Å². The fraction of sp³-hybridized carbons (Fsp3) is 0.240. The molecule has 8 heteroatoms. The Hall–Kier alpha value is -3.68. The molecule has 1 N–H and O–H groups in total. The molecule has 5 nitrogen and oxygen atoms in total. The van der Waals surface area contributed by atoms with Crippen LogP contribution in [0.25, 0.3) is 11.1 Å².